The third-order valence-corrected chi connectivity index (χ3v) is 5.32. The molecule has 1 atom stereocenters. The Kier molecular flexibility index (Phi) is 8.26. The molecule has 6 nitrogen and oxygen atoms in total. The topological polar surface area (TPSA) is 75.6 Å². The van der Waals surface area contributed by atoms with Crippen LogP contribution in [0.4, 0.5) is 0 Å². The van der Waals surface area contributed by atoms with Crippen molar-refractivity contribution in [2.24, 2.45) is 4.99 Å². The molecule has 2 aromatic rings. The summed E-state index contributed by atoms with van der Waals surface area (Å²) in [6, 6.07) is 10.4. The fourth-order valence-corrected chi connectivity index (χ4v) is 3.56. The highest BCUT2D eigenvalue weighted by Crippen LogP contribution is 2.24. The van der Waals surface area contributed by atoms with Gasteiger partial charge in [-0.15, -0.1) is 11.3 Å². The van der Waals surface area contributed by atoms with Crippen LogP contribution in [0.15, 0.2) is 35.3 Å². The first kappa shape index (κ1) is 20.9. The molecule has 7 heteroatoms. The van der Waals surface area contributed by atoms with Gasteiger partial charge in [0.1, 0.15) is 9.88 Å². The minimum atomic E-state index is -0.311. The summed E-state index contributed by atoms with van der Waals surface area (Å²) < 4.78 is 5.08. The summed E-state index contributed by atoms with van der Waals surface area (Å²) in [5, 5.41) is 7.49. The molecule has 1 aromatic heterocycles. The van der Waals surface area contributed by atoms with Crippen LogP contribution < -0.4 is 10.6 Å². The molecule has 0 aliphatic heterocycles. The van der Waals surface area contributed by atoms with E-state index >= 15 is 0 Å². The Morgan fingerprint density at radius 1 is 1.33 bits per heavy atom. The minimum Gasteiger partial charge on any atom is -0.462 e. The molecule has 2 rings (SSSR count). The van der Waals surface area contributed by atoms with Gasteiger partial charge in [-0.25, -0.2) is 9.78 Å². The largest absolute Gasteiger partial charge is 0.462 e. The Bertz CT molecular complexity index is 759. The number of thiazole rings is 1. The van der Waals surface area contributed by atoms with E-state index in [0.29, 0.717) is 17.2 Å². The van der Waals surface area contributed by atoms with Crippen LogP contribution in [0, 0.1) is 6.92 Å². The molecule has 0 radical (unpaired) electrons. The van der Waals surface area contributed by atoms with Gasteiger partial charge in [-0.1, -0.05) is 30.3 Å². The van der Waals surface area contributed by atoms with E-state index in [1.54, 1.807) is 14.0 Å². The number of hydrogen-bond acceptors (Lipinski definition) is 5. The summed E-state index contributed by atoms with van der Waals surface area (Å²) in [6.45, 7) is 6.82. The fourth-order valence-electron chi connectivity index (χ4n) is 2.59. The van der Waals surface area contributed by atoms with Gasteiger partial charge in [-0.2, -0.15) is 0 Å². The van der Waals surface area contributed by atoms with Crippen molar-refractivity contribution in [2.75, 3.05) is 20.2 Å². The Hall–Kier alpha value is -2.41. The van der Waals surface area contributed by atoms with Crippen molar-refractivity contribution < 1.29 is 9.53 Å². The molecule has 1 aromatic carbocycles. The van der Waals surface area contributed by atoms with E-state index in [0.717, 1.165) is 30.4 Å². The van der Waals surface area contributed by atoms with Gasteiger partial charge in [0.15, 0.2) is 5.96 Å². The van der Waals surface area contributed by atoms with Gasteiger partial charge in [0.2, 0.25) is 0 Å². The first-order valence-electron chi connectivity index (χ1n) is 9.20. The SMILES string of the molecule is CCOC(=O)c1sc(C(C)NC(=NC)NCCCc2ccccc2)nc1C. The van der Waals surface area contributed by atoms with Crippen molar-refractivity contribution in [2.45, 2.75) is 39.7 Å². The molecule has 0 saturated carbocycles. The maximum atomic E-state index is 12.0. The standard InChI is InChI=1S/C20H28N4O2S/c1-5-26-19(25)17-14(2)23-18(27-17)15(3)24-20(21-4)22-13-9-12-16-10-7-6-8-11-16/h6-8,10-11,15H,5,9,12-13H2,1-4H3,(H2,21,22,24). The second kappa shape index (κ2) is 10.7. The van der Waals surface area contributed by atoms with Gasteiger partial charge >= 0.3 is 5.97 Å². The maximum Gasteiger partial charge on any atom is 0.350 e. The smallest absolute Gasteiger partial charge is 0.350 e. The molecule has 1 unspecified atom stereocenters. The van der Waals surface area contributed by atoms with Gasteiger partial charge in [0.05, 0.1) is 18.3 Å². The average molecular weight is 389 g/mol. The number of guanidine groups is 1. The number of benzene rings is 1. The predicted molar refractivity (Wildman–Crippen MR) is 110 cm³/mol. The molecule has 146 valence electrons. The van der Waals surface area contributed by atoms with Crippen LogP contribution >= 0.6 is 11.3 Å². The van der Waals surface area contributed by atoms with Gasteiger partial charge in [0.25, 0.3) is 0 Å². The Balaban J connectivity index is 1.85. The quantitative estimate of drug-likeness (QED) is 0.313. The van der Waals surface area contributed by atoms with Crippen molar-refractivity contribution in [1.29, 1.82) is 0 Å². The molecule has 2 N–H and O–H groups in total. The number of ether oxygens (including phenoxy) is 1. The Morgan fingerprint density at radius 3 is 2.74 bits per heavy atom. The number of nitrogens with one attached hydrogen (secondary N) is 2. The van der Waals surface area contributed by atoms with Crippen LogP contribution in [0.2, 0.25) is 0 Å². The molecular weight excluding hydrogens is 360 g/mol. The third-order valence-electron chi connectivity index (χ3n) is 4.00. The summed E-state index contributed by atoms with van der Waals surface area (Å²) in [6.07, 6.45) is 2.04. The molecule has 0 bridgehead atoms. The van der Waals surface area contributed by atoms with E-state index in [1.807, 2.05) is 19.9 Å². The lowest BCUT2D eigenvalue weighted by molar-refractivity contribution is 0.0531. The number of rotatable bonds is 8. The van der Waals surface area contributed by atoms with E-state index in [9.17, 15) is 4.79 Å². The van der Waals surface area contributed by atoms with Crippen LogP contribution in [-0.2, 0) is 11.2 Å². The highest BCUT2D eigenvalue weighted by molar-refractivity contribution is 7.13. The van der Waals surface area contributed by atoms with Crippen molar-refractivity contribution in [1.82, 2.24) is 15.6 Å². The molecule has 1 heterocycles. The second-order valence-corrected chi connectivity index (χ2v) is 7.17. The number of aromatic nitrogens is 1. The number of carbonyl (C=O) groups is 1. The molecule has 0 saturated heterocycles. The Labute approximate surface area is 165 Å². The average Bonchev–Trinajstić information content (AvgIpc) is 3.07. The zero-order valence-corrected chi connectivity index (χ0v) is 17.2. The predicted octanol–water partition coefficient (Wildman–Crippen LogP) is 3.49. The monoisotopic (exact) mass is 388 g/mol. The van der Waals surface area contributed by atoms with Crippen molar-refractivity contribution >= 4 is 23.3 Å². The minimum absolute atomic E-state index is 0.0581. The normalized spacial score (nSPS) is 12.5. The number of aliphatic imine (C=N–C) groups is 1. The lowest BCUT2D eigenvalue weighted by Crippen LogP contribution is -2.39. The van der Waals surface area contributed by atoms with E-state index in [4.69, 9.17) is 4.74 Å². The van der Waals surface area contributed by atoms with E-state index in [1.165, 1.54) is 16.9 Å². The van der Waals surface area contributed by atoms with Crippen LogP contribution in [0.5, 0.6) is 0 Å². The molecule has 0 aliphatic rings. The lowest BCUT2D eigenvalue weighted by atomic mass is 10.1. The molecule has 27 heavy (non-hydrogen) atoms. The van der Waals surface area contributed by atoms with Crippen molar-refractivity contribution in [3.63, 3.8) is 0 Å². The molecule has 0 fully saturated rings. The molecule has 0 aliphatic carbocycles. The molecular formula is C20H28N4O2S. The second-order valence-electron chi connectivity index (χ2n) is 6.14. The zero-order valence-electron chi connectivity index (χ0n) is 16.4. The molecule has 0 amide bonds. The fraction of sp³-hybridized carbons (Fsp3) is 0.450. The van der Waals surface area contributed by atoms with Gasteiger partial charge < -0.3 is 15.4 Å². The van der Waals surface area contributed by atoms with Crippen LogP contribution in [0.3, 0.4) is 0 Å². The van der Waals surface area contributed by atoms with Crippen LogP contribution in [0.25, 0.3) is 0 Å². The van der Waals surface area contributed by atoms with Crippen LogP contribution in [-0.4, -0.2) is 37.1 Å². The molecule has 0 spiro atoms. The van der Waals surface area contributed by atoms with Crippen LogP contribution in [0.1, 0.15) is 52.2 Å². The first-order chi connectivity index (χ1) is 13.0. The van der Waals surface area contributed by atoms with Gasteiger partial charge in [-0.3, -0.25) is 4.99 Å². The summed E-state index contributed by atoms with van der Waals surface area (Å²) in [5.74, 6) is 0.412. The maximum absolute atomic E-state index is 12.0. The van der Waals surface area contributed by atoms with E-state index in [2.05, 4.69) is 44.9 Å². The summed E-state index contributed by atoms with van der Waals surface area (Å²) >= 11 is 1.36. The number of nitrogens with zero attached hydrogens (tertiary/aromatic N) is 2. The lowest BCUT2D eigenvalue weighted by Gasteiger charge is -2.16. The first-order valence-corrected chi connectivity index (χ1v) is 10.0. The summed E-state index contributed by atoms with van der Waals surface area (Å²) in [5.41, 5.74) is 2.04. The number of carbonyl (C=O) groups excluding carboxylic acids is 1. The number of hydrogen-bond donors (Lipinski definition) is 2. The third kappa shape index (κ3) is 6.36. The highest BCUT2D eigenvalue weighted by atomic mass is 32.1. The van der Waals surface area contributed by atoms with Gasteiger partial charge in [-0.05, 0) is 39.2 Å². The van der Waals surface area contributed by atoms with Gasteiger partial charge in [0, 0.05) is 13.6 Å². The highest BCUT2D eigenvalue weighted by Gasteiger charge is 2.20. The zero-order chi connectivity index (χ0) is 19.6. The van der Waals surface area contributed by atoms with E-state index in [-0.39, 0.29) is 12.0 Å². The summed E-state index contributed by atoms with van der Waals surface area (Å²) in [7, 11) is 1.75. The van der Waals surface area contributed by atoms with Crippen molar-refractivity contribution in [3.8, 4) is 0 Å². The Morgan fingerprint density at radius 2 is 2.07 bits per heavy atom. The number of aryl methyl sites for hydroxylation is 2. The number of esters is 1. The summed E-state index contributed by atoms with van der Waals surface area (Å²) in [4.78, 5) is 21.3. The van der Waals surface area contributed by atoms with E-state index < -0.39 is 0 Å². The van der Waals surface area contributed by atoms with Crippen molar-refractivity contribution in [3.05, 3.63) is 51.5 Å².